The van der Waals surface area contributed by atoms with Gasteiger partial charge in [0.05, 0.1) is 46.0 Å². The Morgan fingerprint density at radius 3 is 1.78 bits per heavy atom. The molecule has 0 radical (unpaired) electrons. The molecule has 1 unspecified atom stereocenters. The fraction of sp³-hybridized carbons (Fsp3) is 0.328. The van der Waals surface area contributed by atoms with Crippen molar-refractivity contribution in [1.82, 2.24) is 29.1 Å². The van der Waals surface area contributed by atoms with Crippen LogP contribution >= 0.6 is 6.49 Å². The summed E-state index contributed by atoms with van der Waals surface area (Å²) in [7, 11) is 0.824. The van der Waals surface area contributed by atoms with Gasteiger partial charge in [0.25, 0.3) is 11.8 Å². The van der Waals surface area contributed by atoms with Crippen LogP contribution in [0.5, 0.6) is 11.5 Å². The molecule has 0 aliphatic carbocycles. The van der Waals surface area contributed by atoms with Crippen LogP contribution in [0.2, 0.25) is 18.1 Å². The van der Waals surface area contributed by atoms with Crippen molar-refractivity contribution in [2.24, 2.45) is 0 Å². The average Bonchev–Trinajstić information content (AvgIpc) is 3.86. The zero-order valence-corrected chi connectivity index (χ0v) is 50.1. The number of methoxy groups -OCH3 is 2. The number of fused-ring (bicyclic) bond motifs is 1. The summed E-state index contributed by atoms with van der Waals surface area (Å²) in [6.45, 7) is 9.40. The molecule has 2 amide bonds. The van der Waals surface area contributed by atoms with E-state index < -0.39 is 68.9 Å². The van der Waals surface area contributed by atoms with E-state index in [1.165, 1.54) is 17.1 Å². The van der Waals surface area contributed by atoms with E-state index in [1.54, 1.807) is 81.8 Å². The summed E-state index contributed by atoms with van der Waals surface area (Å²) >= 11 is 6.32. The lowest BCUT2D eigenvalue weighted by atomic mass is 9.80. The molecule has 0 saturated carbocycles. The normalized spacial score (nSPS) is 20.0. The topological polar surface area (TPSA) is 211 Å². The minimum absolute atomic E-state index is 0.00728. The highest BCUT2D eigenvalue weighted by molar-refractivity contribution is 8.09. The zero-order valence-electron chi connectivity index (χ0n) is 47.4. The highest BCUT2D eigenvalue weighted by atomic mass is 32.5. The molecule has 22 heteroatoms. The van der Waals surface area contributed by atoms with E-state index in [1.807, 2.05) is 95.6 Å². The maximum atomic E-state index is 14.0. The minimum Gasteiger partial charge on any atom is -0.497 e. The van der Waals surface area contributed by atoms with E-state index >= 15 is 0 Å². The SMILES string of the molecule is COc1ccc(C(OC[C@H]2O[C@@H](n3ccc(NC(=O)c4ccccc4)nc3=O)C[C@@H]2OP(C)(=S)OC[C@H]2O[C@@H](n3cnc4c(NC(=O)c5ccccc5)ncnc43)C[C@@H]2O[Si](C)(C)C(C)(C)C)(c2ccccc2)c2ccc(OC)cc2)cc1. The Morgan fingerprint density at radius 2 is 1.22 bits per heavy atom. The predicted molar refractivity (Wildman–Crippen MR) is 321 cm³/mol. The summed E-state index contributed by atoms with van der Waals surface area (Å²) < 4.78 is 56.3. The second kappa shape index (κ2) is 24.9. The van der Waals surface area contributed by atoms with Crippen molar-refractivity contribution >= 4 is 61.2 Å². The van der Waals surface area contributed by atoms with Crippen LogP contribution in [0.25, 0.3) is 11.2 Å². The molecular formula is C61H67N8O11PSSi. The standard InChI is InChI=1S/C61H67N8O11PSSi/c1-60(2,3)83(7,8)80-48-35-53(69-39-64-54-55(62-38-63-56(54)69)67-58(71)41-20-14-10-15-21-41)78-50(48)37-76-81(6,82)79-47-34-52(68-33-32-51(66-59(68)72)65-57(70)40-18-12-9-13-19-40)77-49(47)36-75-61(42-22-16-11-17-23-42,43-24-28-45(73-4)29-25-43)44-26-30-46(74-5)31-27-44/h9-33,38-39,47-50,52-53H,34-37H2,1-8H3,(H,62,63,67,71)(H,65,66,70,72)/t47-,48-,49+,50+,52+,53+,81?/m0/s1. The largest absolute Gasteiger partial charge is 0.497 e. The molecule has 5 heterocycles. The van der Waals surface area contributed by atoms with Crippen molar-refractivity contribution in [3.8, 4) is 11.5 Å². The van der Waals surface area contributed by atoms with Crippen LogP contribution < -0.4 is 25.8 Å². The van der Waals surface area contributed by atoms with Gasteiger partial charge in [-0.1, -0.05) is 112 Å². The number of hydrogen-bond donors (Lipinski definition) is 2. The van der Waals surface area contributed by atoms with Gasteiger partial charge in [0.1, 0.15) is 53.9 Å². The Bertz CT molecular complexity index is 3600. The van der Waals surface area contributed by atoms with Crippen molar-refractivity contribution in [2.45, 2.75) is 94.2 Å². The first kappa shape index (κ1) is 58.9. The first-order valence-electron chi connectivity index (χ1n) is 27.2. The maximum Gasteiger partial charge on any atom is 0.351 e. The highest BCUT2D eigenvalue weighted by Crippen LogP contribution is 2.51. The van der Waals surface area contributed by atoms with Crippen LogP contribution in [0.4, 0.5) is 11.6 Å². The van der Waals surface area contributed by atoms with Crippen LogP contribution in [0.1, 0.15) is 83.5 Å². The highest BCUT2D eigenvalue weighted by Gasteiger charge is 2.48. The number of amides is 2. The summed E-state index contributed by atoms with van der Waals surface area (Å²) in [6.07, 6.45) is 0.949. The Kier molecular flexibility index (Phi) is 17.6. The number of ether oxygens (including phenoxy) is 5. The van der Waals surface area contributed by atoms with E-state index in [2.05, 4.69) is 64.4 Å². The van der Waals surface area contributed by atoms with Gasteiger partial charge in [0.15, 0.2) is 31.8 Å². The van der Waals surface area contributed by atoms with Gasteiger partial charge in [-0.05, 0) is 101 Å². The van der Waals surface area contributed by atoms with E-state index in [9.17, 15) is 14.4 Å². The third-order valence-corrected chi connectivity index (χ3v) is 21.8. The van der Waals surface area contributed by atoms with Gasteiger partial charge in [-0.15, -0.1) is 0 Å². The van der Waals surface area contributed by atoms with E-state index in [4.69, 9.17) is 49.0 Å². The van der Waals surface area contributed by atoms with Crippen molar-refractivity contribution in [3.63, 3.8) is 0 Å². The second-order valence-electron chi connectivity index (χ2n) is 21.9. The van der Waals surface area contributed by atoms with Gasteiger partial charge < -0.3 is 47.8 Å². The lowest BCUT2D eigenvalue weighted by Crippen LogP contribution is -2.46. The first-order chi connectivity index (χ1) is 39.8. The van der Waals surface area contributed by atoms with Gasteiger partial charge in [-0.3, -0.25) is 18.7 Å². The summed E-state index contributed by atoms with van der Waals surface area (Å²) in [6, 6.07) is 44.4. The number of imidazole rings is 1. The van der Waals surface area contributed by atoms with Crippen LogP contribution in [-0.4, -0.2) is 108 Å². The summed E-state index contributed by atoms with van der Waals surface area (Å²) in [5, 5.41) is 5.47. The molecule has 5 aromatic carbocycles. The minimum atomic E-state index is -3.23. The zero-order chi connectivity index (χ0) is 58.5. The van der Waals surface area contributed by atoms with Crippen LogP contribution in [-0.2, 0) is 45.1 Å². The molecule has 0 spiro atoms. The molecule has 3 aromatic heterocycles. The molecule has 8 aromatic rings. The molecule has 83 heavy (non-hydrogen) atoms. The fourth-order valence-electron chi connectivity index (χ4n) is 10.0. The van der Waals surface area contributed by atoms with Crippen molar-refractivity contribution < 1.29 is 46.7 Å². The lowest BCUT2D eigenvalue weighted by molar-refractivity contribution is -0.0922. The third kappa shape index (κ3) is 13.1. The average molecular weight is 1180 g/mol. The molecule has 10 rings (SSSR count). The Hall–Kier alpha value is -7.30. The Balaban J connectivity index is 0.942. The first-order valence-corrected chi connectivity index (χ1v) is 33.2. The molecule has 2 N–H and O–H groups in total. The second-order valence-corrected chi connectivity index (χ2v) is 30.6. The molecule has 2 aliphatic heterocycles. The fourth-order valence-corrected chi connectivity index (χ4v) is 13.1. The summed E-state index contributed by atoms with van der Waals surface area (Å²) in [5.74, 6) is 0.929. The molecule has 7 atom stereocenters. The number of rotatable bonds is 21. The quantitative estimate of drug-likeness (QED) is 0.0389. The van der Waals surface area contributed by atoms with Crippen LogP contribution in [0, 0.1) is 0 Å². The Labute approximate surface area is 487 Å². The number of carbonyl (C=O) groups is 2. The molecule has 2 saturated heterocycles. The van der Waals surface area contributed by atoms with Crippen LogP contribution in [0.3, 0.4) is 0 Å². The van der Waals surface area contributed by atoms with Crippen molar-refractivity contribution in [2.75, 3.05) is 44.7 Å². The molecule has 19 nitrogen and oxygen atoms in total. The van der Waals surface area contributed by atoms with E-state index in [0.29, 0.717) is 40.2 Å². The molecule has 2 fully saturated rings. The molecule has 432 valence electrons. The third-order valence-electron chi connectivity index (χ3n) is 15.4. The molecule has 2 aliphatic rings. The number of nitrogens with zero attached hydrogens (tertiary/aromatic N) is 6. The maximum absolute atomic E-state index is 14.0. The summed E-state index contributed by atoms with van der Waals surface area (Å²) in [5.41, 5.74) is 2.29. The number of nitrogens with one attached hydrogen (secondary N) is 2. The number of hydrogen-bond acceptors (Lipinski definition) is 16. The number of anilines is 2. The lowest BCUT2D eigenvalue weighted by Gasteiger charge is -2.39. The monoisotopic (exact) mass is 1180 g/mol. The molecule has 0 bridgehead atoms. The van der Waals surface area contributed by atoms with E-state index in [0.717, 1.165) is 16.7 Å². The smallest absolute Gasteiger partial charge is 0.351 e. The van der Waals surface area contributed by atoms with Crippen molar-refractivity contribution in [3.05, 3.63) is 203 Å². The number of carbonyl (C=O) groups excluding carboxylic acids is 2. The van der Waals surface area contributed by atoms with E-state index in [-0.39, 0.29) is 42.2 Å². The number of aromatic nitrogens is 6. The number of benzene rings is 5. The molecular weight excluding hydrogens is 1110 g/mol. The van der Waals surface area contributed by atoms with Crippen molar-refractivity contribution in [1.29, 1.82) is 0 Å². The van der Waals surface area contributed by atoms with Gasteiger partial charge >= 0.3 is 5.69 Å². The van der Waals surface area contributed by atoms with Gasteiger partial charge in [0, 0.05) is 36.8 Å². The van der Waals surface area contributed by atoms with Gasteiger partial charge in [-0.25, -0.2) is 19.7 Å². The predicted octanol–water partition coefficient (Wildman–Crippen LogP) is 10.9. The van der Waals surface area contributed by atoms with Crippen LogP contribution in [0.15, 0.2) is 169 Å². The van der Waals surface area contributed by atoms with Gasteiger partial charge in [0.2, 0.25) is 0 Å². The Morgan fingerprint density at radius 1 is 0.687 bits per heavy atom. The van der Waals surface area contributed by atoms with Gasteiger partial charge in [-0.2, -0.15) is 4.98 Å². The summed E-state index contributed by atoms with van der Waals surface area (Å²) in [4.78, 5) is 58.1.